The molecule has 0 spiro atoms. The summed E-state index contributed by atoms with van der Waals surface area (Å²) in [5.74, 6) is 0.902. The van der Waals surface area contributed by atoms with Crippen molar-refractivity contribution >= 4 is 22.7 Å². The lowest BCUT2D eigenvalue weighted by molar-refractivity contribution is -0.131. The number of aromatic nitrogens is 1. The normalized spacial score (nSPS) is 14.8. The van der Waals surface area contributed by atoms with Crippen LogP contribution in [0.1, 0.15) is 17.9 Å². The van der Waals surface area contributed by atoms with E-state index in [-0.39, 0.29) is 5.91 Å². The van der Waals surface area contributed by atoms with Crippen molar-refractivity contribution < 1.29 is 9.21 Å². The Morgan fingerprint density at radius 2 is 1.85 bits per heavy atom. The zero-order valence-corrected chi connectivity index (χ0v) is 15.0. The Morgan fingerprint density at radius 1 is 1.08 bits per heavy atom. The van der Waals surface area contributed by atoms with Crippen LogP contribution in [0.25, 0.3) is 11.1 Å². The average molecular weight is 349 g/mol. The van der Waals surface area contributed by atoms with E-state index in [0.717, 1.165) is 49.3 Å². The molecule has 0 unspecified atom stereocenters. The van der Waals surface area contributed by atoms with Gasteiger partial charge in [0, 0.05) is 45.2 Å². The van der Waals surface area contributed by atoms with Gasteiger partial charge in [-0.1, -0.05) is 24.3 Å². The molecular weight excluding hydrogens is 326 g/mol. The van der Waals surface area contributed by atoms with Crippen LogP contribution in [0.15, 0.2) is 52.9 Å². The van der Waals surface area contributed by atoms with Crippen molar-refractivity contribution in [1.29, 1.82) is 0 Å². The highest BCUT2D eigenvalue weighted by Crippen LogP contribution is 2.19. The molecule has 1 aliphatic rings. The Labute approximate surface area is 153 Å². The third kappa shape index (κ3) is 3.57. The molecule has 0 atom stereocenters. The fraction of sp³-hybridized carbons (Fsp3) is 0.333. The van der Waals surface area contributed by atoms with Gasteiger partial charge in [-0.15, -0.1) is 0 Å². The number of fused-ring (bicyclic) bond motifs is 1. The van der Waals surface area contributed by atoms with Crippen LogP contribution >= 0.6 is 0 Å². The molecule has 2 heterocycles. The number of hydrogen-bond donors (Lipinski definition) is 0. The molecule has 1 amide bonds. The lowest BCUT2D eigenvalue weighted by atomic mass is 10.1. The van der Waals surface area contributed by atoms with Gasteiger partial charge in [0.15, 0.2) is 11.5 Å². The fourth-order valence-corrected chi connectivity index (χ4v) is 3.51. The fourth-order valence-electron chi connectivity index (χ4n) is 3.51. The Kier molecular flexibility index (Phi) is 4.61. The van der Waals surface area contributed by atoms with Crippen molar-refractivity contribution in [2.75, 3.05) is 31.1 Å². The molecule has 1 fully saturated rings. The Bertz CT molecular complexity index is 896. The summed E-state index contributed by atoms with van der Waals surface area (Å²) < 4.78 is 5.50. The molecule has 0 saturated carbocycles. The monoisotopic (exact) mass is 349 g/mol. The molecule has 1 saturated heterocycles. The van der Waals surface area contributed by atoms with E-state index in [9.17, 15) is 4.79 Å². The summed E-state index contributed by atoms with van der Waals surface area (Å²) in [5.41, 5.74) is 4.02. The number of para-hydroxylation sites is 1. The van der Waals surface area contributed by atoms with E-state index < -0.39 is 0 Å². The van der Waals surface area contributed by atoms with E-state index in [2.05, 4.69) is 34.1 Å². The van der Waals surface area contributed by atoms with Crippen LogP contribution in [0.4, 0.5) is 5.69 Å². The summed E-state index contributed by atoms with van der Waals surface area (Å²) in [7, 11) is 0. The van der Waals surface area contributed by atoms with Gasteiger partial charge in [-0.3, -0.25) is 4.79 Å². The first kappa shape index (κ1) is 16.6. The minimum absolute atomic E-state index is 0.231. The smallest absolute Gasteiger partial charge is 0.223 e. The molecule has 5 nitrogen and oxygen atoms in total. The molecule has 26 heavy (non-hydrogen) atoms. The van der Waals surface area contributed by atoms with Crippen molar-refractivity contribution in [1.82, 2.24) is 9.88 Å². The molecule has 4 rings (SSSR count). The first-order chi connectivity index (χ1) is 12.7. The number of piperazine rings is 1. The zero-order chi connectivity index (χ0) is 17.9. The van der Waals surface area contributed by atoms with Crippen molar-refractivity contribution in [2.45, 2.75) is 19.8 Å². The zero-order valence-electron chi connectivity index (χ0n) is 15.0. The third-order valence-corrected chi connectivity index (χ3v) is 4.94. The molecule has 3 aromatic rings. The average Bonchev–Trinajstić information content (AvgIpc) is 3.06. The maximum Gasteiger partial charge on any atom is 0.223 e. The van der Waals surface area contributed by atoms with Gasteiger partial charge < -0.3 is 14.2 Å². The quantitative estimate of drug-likeness (QED) is 0.724. The molecule has 1 aromatic heterocycles. The van der Waals surface area contributed by atoms with Gasteiger partial charge in [0.1, 0.15) is 5.52 Å². The van der Waals surface area contributed by atoms with Gasteiger partial charge >= 0.3 is 0 Å². The van der Waals surface area contributed by atoms with Gasteiger partial charge in [0.25, 0.3) is 0 Å². The van der Waals surface area contributed by atoms with Crippen LogP contribution in [-0.2, 0) is 11.2 Å². The van der Waals surface area contributed by atoms with Gasteiger partial charge in [0.05, 0.1) is 0 Å². The first-order valence-electron chi connectivity index (χ1n) is 9.13. The van der Waals surface area contributed by atoms with E-state index in [1.54, 1.807) is 0 Å². The molecule has 0 bridgehead atoms. The Hall–Kier alpha value is -2.82. The molecule has 1 aliphatic heterocycles. The molecule has 0 aliphatic carbocycles. The minimum atomic E-state index is 0.231. The predicted molar refractivity (Wildman–Crippen MR) is 102 cm³/mol. The van der Waals surface area contributed by atoms with E-state index in [1.807, 2.05) is 36.1 Å². The van der Waals surface area contributed by atoms with Crippen LogP contribution in [0.3, 0.4) is 0 Å². The highest BCUT2D eigenvalue weighted by molar-refractivity contribution is 5.77. The van der Waals surface area contributed by atoms with Crippen LogP contribution in [0.2, 0.25) is 0 Å². The van der Waals surface area contributed by atoms with Crippen molar-refractivity contribution in [2.24, 2.45) is 0 Å². The second kappa shape index (κ2) is 7.20. The predicted octanol–water partition coefficient (Wildman–Crippen LogP) is 3.42. The van der Waals surface area contributed by atoms with Crippen LogP contribution in [0, 0.1) is 6.92 Å². The molecule has 134 valence electrons. The van der Waals surface area contributed by atoms with Crippen LogP contribution in [-0.4, -0.2) is 42.0 Å². The molecule has 5 heteroatoms. The summed E-state index contributed by atoms with van der Waals surface area (Å²) in [5, 5.41) is 0. The number of rotatable bonds is 4. The number of hydrogen-bond acceptors (Lipinski definition) is 4. The lowest BCUT2D eigenvalue weighted by Gasteiger charge is -2.36. The number of carbonyl (C=O) groups excluding carboxylic acids is 1. The summed E-state index contributed by atoms with van der Waals surface area (Å²) in [6.45, 7) is 5.20. The van der Waals surface area contributed by atoms with Crippen LogP contribution < -0.4 is 4.90 Å². The van der Waals surface area contributed by atoms with Crippen molar-refractivity contribution in [3.05, 3.63) is 60.0 Å². The Balaban J connectivity index is 1.31. The van der Waals surface area contributed by atoms with Crippen molar-refractivity contribution in [3.8, 4) is 0 Å². The number of oxazole rings is 1. The largest absolute Gasteiger partial charge is 0.441 e. The Morgan fingerprint density at radius 3 is 2.62 bits per heavy atom. The molecule has 2 aromatic carbocycles. The third-order valence-electron chi connectivity index (χ3n) is 4.94. The number of nitrogens with zero attached hydrogens (tertiary/aromatic N) is 3. The summed E-state index contributed by atoms with van der Waals surface area (Å²) in [6.07, 6.45) is 1.27. The van der Waals surface area contributed by atoms with E-state index in [0.29, 0.717) is 12.3 Å². The summed E-state index contributed by atoms with van der Waals surface area (Å²) in [6, 6.07) is 16.4. The first-order valence-corrected chi connectivity index (χ1v) is 9.13. The number of carbonyl (C=O) groups is 1. The standard InChI is InChI=1S/C21H23N3O2/c1-16-22-19-15-17(7-9-20(19)26-16)8-10-21(25)24-13-11-23(12-14-24)18-5-3-2-4-6-18/h2-7,9,15H,8,10-14H2,1H3. The number of aryl methyl sites for hydroxylation is 2. The summed E-state index contributed by atoms with van der Waals surface area (Å²) >= 11 is 0. The summed E-state index contributed by atoms with van der Waals surface area (Å²) in [4.78, 5) is 21.2. The lowest BCUT2D eigenvalue weighted by Crippen LogP contribution is -2.48. The maximum atomic E-state index is 12.6. The number of benzene rings is 2. The molecular formula is C21H23N3O2. The second-order valence-electron chi connectivity index (χ2n) is 6.74. The van der Waals surface area contributed by atoms with Crippen LogP contribution in [0.5, 0.6) is 0 Å². The van der Waals surface area contributed by atoms with E-state index in [4.69, 9.17) is 4.42 Å². The molecule has 0 radical (unpaired) electrons. The maximum absolute atomic E-state index is 12.6. The topological polar surface area (TPSA) is 49.6 Å². The molecule has 0 N–H and O–H groups in total. The second-order valence-corrected chi connectivity index (χ2v) is 6.74. The SMILES string of the molecule is Cc1nc2cc(CCC(=O)N3CCN(c4ccccc4)CC3)ccc2o1. The van der Waals surface area contributed by atoms with Gasteiger partial charge in [0.2, 0.25) is 5.91 Å². The van der Waals surface area contributed by atoms with E-state index >= 15 is 0 Å². The number of anilines is 1. The number of amides is 1. The highest BCUT2D eigenvalue weighted by atomic mass is 16.3. The van der Waals surface area contributed by atoms with Gasteiger partial charge in [-0.2, -0.15) is 0 Å². The minimum Gasteiger partial charge on any atom is -0.441 e. The highest BCUT2D eigenvalue weighted by Gasteiger charge is 2.21. The van der Waals surface area contributed by atoms with Gasteiger partial charge in [-0.05, 0) is 36.2 Å². The van der Waals surface area contributed by atoms with Crippen molar-refractivity contribution in [3.63, 3.8) is 0 Å². The van der Waals surface area contributed by atoms with E-state index in [1.165, 1.54) is 5.69 Å². The van der Waals surface area contributed by atoms with Gasteiger partial charge in [-0.25, -0.2) is 4.98 Å².